The summed E-state index contributed by atoms with van der Waals surface area (Å²) in [4.78, 5) is 26.1. The highest BCUT2D eigenvalue weighted by Crippen LogP contribution is 2.33. The smallest absolute Gasteiger partial charge is 0.252 e. The van der Waals surface area contributed by atoms with Crippen LogP contribution in [0, 0.1) is 5.82 Å². The number of piperazine rings is 1. The van der Waals surface area contributed by atoms with Gasteiger partial charge in [-0.1, -0.05) is 30.1 Å². The maximum atomic E-state index is 13.5. The van der Waals surface area contributed by atoms with E-state index in [4.69, 9.17) is 23.2 Å². The van der Waals surface area contributed by atoms with Gasteiger partial charge in [-0.2, -0.15) is 0 Å². The number of hydrogen-bond acceptors (Lipinski definition) is 2. The van der Waals surface area contributed by atoms with Crippen LogP contribution >= 0.6 is 23.2 Å². The van der Waals surface area contributed by atoms with Crippen molar-refractivity contribution in [2.24, 2.45) is 0 Å². The number of halogens is 3. The molecule has 1 heterocycles. The van der Waals surface area contributed by atoms with Crippen molar-refractivity contribution in [3.05, 3.63) is 28.0 Å². The molecule has 1 unspecified atom stereocenters. The Balaban J connectivity index is 2.57. The van der Waals surface area contributed by atoms with E-state index in [1.165, 1.54) is 17.0 Å². The van der Waals surface area contributed by atoms with Gasteiger partial charge < -0.3 is 5.32 Å². The molecule has 0 saturated carbocycles. The van der Waals surface area contributed by atoms with Crippen LogP contribution in [-0.2, 0) is 9.59 Å². The second-order valence-electron chi connectivity index (χ2n) is 5.44. The molecule has 7 heteroatoms. The molecule has 1 N–H and O–H groups in total. The van der Waals surface area contributed by atoms with Gasteiger partial charge in [0.1, 0.15) is 11.6 Å². The Hall–Kier alpha value is -1.33. The maximum Gasteiger partial charge on any atom is 0.252 e. The van der Waals surface area contributed by atoms with E-state index in [1.807, 2.05) is 0 Å². The van der Waals surface area contributed by atoms with E-state index in [0.717, 1.165) is 0 Å². The lowest BCUT2D eigenvalue weighted by atomic mass is 9.95. The number of nitrogens with zero attached hydrogens (tertiary/aromatic N) is 1. The Kier molecular flexibility index (Phi) is 4.17. The molecule has 0 bridgehead atoms. The molecule has 1 saturated heterocycles. The Bertz CT molecular complexity index is 596. The molecule has 2 rings (SSSR count). The van der Waals surface area contributed by atoms with E-state index in [0.29, 0.717) is 12.1 Å². The number of nitrogens with one attached hydrogen (secondary N) is 1. The van der Waals surface area contributed by atoms with Gasteiger partial charge in [0.25, 0.3) is 5.91 Å². The van der Waals surface area contributed by atoms with E-state index in [9.17, 15) is 14.0 Å². The van der Waals surface area contributed by atoms with Crippen molar-refractivity contribution < 1.29 is 14.0 Å². The summed E-state index contributed by atoms with van der Waals surface area (Å²) in [5.41, 5.74) is -0.734. The van der Waals surface area contributed by atoms with Crippen molar-refractivity contribution in [3.63, 3.8) is 0 Å². The summed E-state index contributed by atoms with van der Waals surface area (Å²) in [6, 6.07) is 1.93. The number of carbonyl (C=O) groups excluding carboxylic acids is 2. The SMILES string of the molecule is CCC1C(=O)NC(C)(C)C(=O)N1c1cc(Cl)c(F)c(Cl)c1. The van der Waals surface area contributed by atoms with E-state index < -0.39 is 17.4 Å². The van der Waals surface area contributed by atoms with Gasteiger partial charge in [0, 0.05) is 5.69 Å². The summed E-state index contributed by atoms with van der Waals surface area (Å²) in [6.45, 7) is 5.01. The quantitative estimate of drug-likeness (QED) is 0.846. The van der Waals surface area contributed by atoms with Gasteiger partial charge in [-0.15, -0.1) is 0 Å². The maximum absolute atomic E-state index is 13.5. The Morgan fingerprint density at radius 3 is 2.29 bits per heavy atom. The summed E-state index contributed by atoms with van der Waals surface area (Å²) in [5, 5.41) is 2.29. The number of hydrogen-bond donors (Lipinski definition) is 1. The molecule has 21 heavy (non-hydrogen) atoms. The van der Waals surface area contributed by atoms with Crippen LogP contribution in [0.4, 0.5) is 10.1 Å². The van der Waals surface area contributed by atoms with Gasteiger partial charge in [0.05, 0.1) is 10.0 Å². The molecule has 4 nitrogen and oxygen atoms in total. The predicted molar refractivity (Wildman–Crippen MR) is 80.2 cm³/mol. The molecule has 0 spiro atoms. The first kappa shape index (κ1) is 16.0. The largest absolute Gasteiger partial charge is 0.340 e. The number of anilines is 1. The van der Waals surface area contributed by atoms with E-state index in [-0.39, 0.29) is 21.9 Å². The molecule has 1 aromatic carbocycles. The van der Waals surface area contributed by atoms with Crippen molar-refractivity contribution >= 4 is 40.7 Å². The molecule has 1 aliphatic heterocycles. The average molecular weight is 333 g/mol. The molecule has 0 aliphatic carbocycles. The Morgan fingerprint density at radius 2 is 1.81 bits per heavy atom. The van der Waals surface area contributed by atoms with E-state index >= 15 is 0 Å². The minimum absolute atomic E-state index is 0.191. The Morgan fingerprint density at radius 1 is 1.29 bits per heavy atom. The van der Waals surface area contributed by atoms with Crippen LogP contribution in [0.5, 0.6) is 0 Å². The monoisotopic (exact) mass is 332 g/mol. The van der Waals surface area contributed by atoms with Gasteiger partial charge in [-0.05, 0) is 32.4 Å². The van der Waals surface area contributed by atoms with Crippen LogP contribution in [0.15, 0.2) is 12.1 Å². The first-order chi connectivity index (χ1) is 9.69. The molecule has 114 valence electrons. The third-order valence-corrected chi connectivity index (χ3v) is 3.99. The number of carbonyl (C=O) groups is 2. The average Bonchev–Trinajstić information content (AvgIpc) is 2.38. The van der Waals surface area contributed by atoms with Crippen molar-refractivity contribution in [2.75, 3.05) is 4.90 Å². The van der Waals surface area contributed by atoms with E-state index in [1.54, 1.807) is 20.8 Å². The molecule has 1 atom stereocenters. The molecule has 0 aromatic heterocycles. The van der Waals surface area contributed by atoms with Gasteiger partial charge >= 0.3 is 0 Å². The molecular weight excluding hydrogens is 318 g/mol. The van der Waals surface area contributed by atoms with Crippen molar-refractivity contribution in [2.45, 2.75) is 38.8 Å². The number of amides is 2. The molecule has 1 aliphatic rings. The molecule has 1 aromatic rings. The fourth-order valence-corrected chi connectivity index (χ4v) is 2.83. The zero-order valence-electron chi connectivity index (χ0n) is 11.8. The van der Waals surface area contributed by atoms with Crippen LogP contribution in [0.3, 0.4) is 0 Å². The fourth-order valence-electron chi connectivity index (χ4n) is 2.35. The van der Waals surface area contributed by atoms with Crippen LogP contribution in [0.1, 0.15) is 27.2 Å². The minimum Gasteiger partial charge on any atom is -0.340 e. The second-order valence-corrected chi connectivity index (χ2v) is 6.25. The van der Waals surface area contributed by atoms with Crippen LogP contribution in [0.25, 0.3) is 0 Å². The minimum atomic E-state index is -1.05. The summed E-state index contributed by atoms with van der Waals surface area (Å²) in [7, 11) is 0. The van der Waals surface area contributed by atoms with Gasteiger partial charge in [0.15, 0.2) is 5.82 Å². The van der Waals surface area contributed by atoms with Crippen LogP contribution < -0.4 is 10.2 Å². The lowest BCUT2D eigenvalue weighted by molar-refractivity contribution is -0.137. The Labute approximate surface area is 132 Å². The first-order valence-electron chi connectivity index (χ1n) is 6.49. The second kappa shape index (κ2) is 5.46. The van der Waals surface area contributed by atoms with Crippen molar-refractivity contribution in [1.82, 2.24) is 5.32 Å². The van der Waals surface area contributed by atoms with Crippen LogP contribution in [-0.4, -0.2) is 23.4 Å². The lowest BCUT2D eigenvalue weighted by Gasteiger charge is -2.42. The standard InChI is InChI=1S/C14H15Cl2FN2O2/c1-4-10-12(20)18-14(2,3)13(21)19(10)7-5-8(15)11(17)9(16)6-7/h5-6,10H,4H2,1-3H3,(H,18,20). The predicted octanol–water partition coefficient (Wildman–Crippen LogP) is 3.15. The zero-order valence-corrected chi connectivity index (χ0v) is 13.3. The highest BCUT2D eigenvalue weighted by molar-refractivity contribution is 6.35. The lowest BCUT2D eigenvalue weighted by Crippen LogP contribution is -2.68. The molecule has 1 fully saturated rings. The van der Waals surface area contributed by atoms with Gasteiger partial charge in [-0.25, -0.2) is 4.39 Å². The van der Waals surface area contributed by atoms with Gasteiger partial charge in [-0.3, -0.25) is 14.5 Å². The van der Waals surface area contributed by atoms with Crippen molar-refractivity contribution in [3.8, 4) is 0 Å². The van der Waals surface area contributed by atoms with Crippen LogP contribution in [0.2, 0.25) is 10.0 Å². The molecule has 2 amide bonds. The first-order valence-corrected chi connectivity index (χ1v) is 7.25. The zero-order chi connectivity index (χ0) is 15.9. The summed E-state index contributed by atoms with van der Waals surface area (Å²) in [6.07, 6.45) is 0.417. The summed E-state index contributed by atoms with van der Waals surface area (Å²) in [5.74, 6) is -1.31. The summed E-state index contributed by atoms with van der Waals surface area (Å²) >= 11 is 11.6. The third kappa shape index (κ3) is 2.72. The summed E-state index contributed by atoms with van der Waals surface area (Å²) < 4.78 is 13.5. The fraction of sp³-hybridized carbons (Fsp3) is 0.429. The molecule has 0 radical (unpaired) electrons. The molecular formula is C14H15Cl2FN2O2. The highest BCUT2D eigenvalue weighted by atomic mass is 35.5. The van der Waals surface area contributed by atoms with E-state index in [2.05, 4.69) is 5.32 Å². The highest BCUT2D eigenvalue weighted by Gasteiger charge is 2.45. The van der Waals surface area contributed by atoms with Crippen molar-refractivity contribution in [1.29, 1.82) is 0 Å². The normalized spacial score (nSPS) is 21.4. The topological polar surface area (TPSA) is 49.4 Å². The number of benzene rings is 1. The van der Waals surface area contributed by atoms with Gasteiger partial charge in [0.2, 0.25) is 5.91 Å². The number of rotatable bonds is 2. The third-order valence-electron chi connectivity index (χ3n) is 3.44.